The number of anilines is 1. The predicted molar refractivity (Wildman–Crippen MR) is 101 cm³/mol. The second kappa shape index (κ2) is 6.07. The second-order valence-corrected chi connectivity index (χ2v) is 5.93. The number of nitrogens with two attached hydrogens (primary N) is 1. The minimum Gasteiger partial charge on any atom is -0.497 e. The van der Waals surface area contributed by atoms with Crippen LogP contribution in [0.5, 0.6) is 5.75 Å². The average Bonchev–Trinajstić information content (AvgIpc) is 3.04. The molecule has 0 spiro atoms. The molecule has 6 nitrogen and oxygen atoms in total. The van der Waals surface area contributed by atoms with Crippen LogP contribution in [-0.4, -0.2) is 16.9 Å². The summed E-state index contributed by atoms with van der Waals surface area (Å²) in [5.41, 5.74) is 8.54. The van der Waals surface area contributed by atoms with Gasteiger partial charge in [-0.3, -0.25) is 0 Å². The van der Waals surface area contributed by atoms with Gasteiger partial charge in [0.25, 0.3) is 0 Å². The van der Waals surface area contributed by atoms with Gasteiger partial charge in [-0.05, 0) is 43.3 Å². The number of hydrogen-bond acceptors (Lipinski definition) is 5. The van der Waals surface area contributed by atoms with Crippen molar-refractivity contribution in [3.8, 4) is 22.8 Å². The van der Waals surface area contributed by atoms with E-state index in [4.69, 9.17) is 14.9 Å². The van der Waals surface area contributed by atoms with Crippen molar-refractivity contribution in [3.63, 3.8) is 0 Å². The van der Waals surface area contributed by atoms with Crippen molar-refractivity contribution in [3.05, 3.63) is 70.6 Å². The summed E-state index contributed by atoms with van der Waals surface area (Å²) < 4.78 is 12.3. The SMILES string of the molecule is COc1ccc(-c2oc(=O)c3c(N)n(-c4ccccc4)nc3c2C)cc1. The molecule has 6 heteroatoms. The molecule has 0 saturated heterocycles. The zero-order valence-corrected chi connectivity index (χ0v) is 14.4. The van der Waals surface area contributed by atoms with Crippen LogP contribution >= 0.6 is 0 Å². The Morgan fingerprint density at radius 2 is 1.77 bits per heavy atom. The number of rotatable bonds is 3. The number of aryl methyl sites for hydroxylation is 1. The van der Waals surface area contributed by atoms with Gasteiger partial charge in [-0.15, -0.1) is 0 Å². The second-order valence-electron chi connectivity index (χ2n) is 5.93. The molecule has 0 radical (unpaired) electrons. The van der Waals surface area contributed by atoms with Crippen molar-refractivity contribution < 1.29 is 9.15 Å². The third kappa shape index (κ3) is 2.43. The van der Waals surface area contributed by atoms with Gasteiger partial charge in [-0.2, -0.15) is 5.10 Å². The summed E-state index contributed by atoms with van der Waals surface area (Å²) in [5, 5.41) is 4.86. The molecule has 0 aliphatic carbocycles. The molecule has 4 rings (SSSR count). The largest absolute Gasteiger partial charge is 0.497 e. The van der Waals surface area contributed by atoms with Crippen molar-refractivity contribution in [1.82, 2.24) is 9.78 Å². The number of nitrogen functional groups attached to an aromatic ring is 1. The average molecular weight is 347 g/mol. The highest BCUT2D eigenvalue weighted by atomic mass is 16.5. The fourth-order valence-electron chi connectivity index (χ4n) is 3.01. The van der Waals surface area contributed by atoms with Gasteiger partial charge >= 0.3 is 5.63 Å². The van der Waals surface area contributed by atoms with E-state index >= 15 is 0 Å². The number of aromatic nitrogens is 2. The van der Waals surface area contributed by atoms with Crippen LogP contribution in [0.25, 0.3) is 27.9 Å². The summed E-state index contributed by atoms with van der Waals surface area (Å²) in [6.07, 6.45) is 0. The lowest BCUT2D eigenvalue weighted by molar-refractivity contribution is 0.415. The molecule has 0 saturated carbocycles. The molecule has 0 amide bonds. The Balaban J connectivity index is 1.95. The maximum Gasteiger partial charge on any atom is 0.349 e. The monoisotopic (exact) mass is 347 g/mol. The standard InChI is InChI=1S/C20H17N3O3/c1-12-17-16(19(21)23(22-17)14-6-4-3-5-7-14)20(24)26-18(12)13-8-10-15(25-2)11-9-13/h3-11H,21H2,1-2H3. The molecular weight excluding hydrogens is 330 g/mol. The summed E-state index contributed by atoms with van der Waals surface area (Å²) in [7, 11) is 1.60. The van der Waals surface area contributed by atoms with Crippen LogP contribution in [0.3, 0.4) is 0 Å². The highest BCUT2D eigenvalue weighted by Crippen LogP contribution is 2.31. The molecule has 2 aromatic heterocycles. The highest BCUT2D eigenvalue weighted by molar-refractivity contribution is 5.93. The molecule has 0 aliphatic rings. The first-order valence-corrected chi connectivity index (χ1v) is 8.12. The van der Waals surface area contributed by atoms with Crippen molar-refractivity contribution in [2.24, 2.45) is 0 Å². The molecule has 0 unspecified atom stereocenters. The molecule has 2 N–H and O–H groups in total. The molecule has 0 fully saturated rings. The Kier molecular flexibility index (Phi) is 3.73. The number of hydrogen-bond donors (Lipinski definition) is 1. The molecule has 4 aromatic rings. The van der Waals surface area contributed by atoms with Crippen LogP contribution in [0.2, 0.25) is 0 Å². The summed E-state index contributed by atoms with van der Waals surface area (Å²) in [4.78, 5) is 12.6. The smallest absolute Gasteiger partial charge is 0.349 e. The maximum atomic E-state index is 12.6. The molecular formula is C20H17N3O3. The van der Waals surface area contributed by atoms with Crippen LogP contribution in [0.1, 0.15) is 5.56 Å². The molecule has 0 bridgehead atoms. The van der Waals surface area contributed by atoms with E-state index in [0.29, 0.717) is 16.7 Å². The van der Waals surface area contributed by atoms with Gasteiger partial charge < -0.3 is 14.9 Å². The van der Waals surface area contributed by atoms with Crippen LogP contribution in [0.15, 0.2) is 63.8 Å². The third-order valence-electron chi connectivity index (χ3n) is 4.37. The van der Waals surface area contributed by atoms with Crippen LogP contribution < -0.4 is 16.1 Å². The topological polar surface area (TPSA) is 83.3 Å². The van der Waals surface area contributed by atoms with Crippen LogP contribution in [0.4, 0.5) is 5.82 Å². The van der Waals surface area contributed by atoms with E-state index in [1.165, 1.54) is 0 Å². The van der Waals surface area contributed by atoms with E-state index in [9.17, 15) is 4.79 Å². The van der Waals surface area contributed by atoms with E-state index in [2.05, 4.69) is 5.10 Å². The van der Waals surface area contributed by atoms with Crippen molar-refractivity contribution in [1.29, 1.82) is 0 Å². The number of ether oxygens (including phenoxy) is 1. The number of nitrogens with zero attached hydrogens (tertiary/aromatic N) is 2. The summed E-state index contributed by atoms with van der Waals surface area (Å²) in [5.74, 6) is 1.47. The lowest BCUT2D eigenvalue weighted by atomic mass is 10.1. The first kappa shape index (κ1) is 16.0. The predicted octanol–water partition coefficient (Wildman–Crippen LogP) is 3.54. The highest BCUT2D eigenvalue weighted by Gasteiger charge is 2.20. The summed E-state index contributed by atoms with van der Waals surface area (Å²) in [6, 6.07) is 16.8. The van der Waals surface area contributed by atoms with Gasteiger partial charge in [0.1, 0.15) is 28.2 Å². The minimum atomic E-state index is -0.504. The molecule has 2 heterocycles. The normalized spacial score (nSPS) is 11.0. The minimum absolute atomic E-state index is 0.268. The number of methoxy groups -OCH3 is 1. The van der Waals surface area contributed by atoms with E-state index in [0.717, 1.165) is 22.6 Å². The first-order chi connectivity index (χ1) is 12.6. The lowest BCUT2D eigenvalue weighted by Gasteiger charge is -2.06. The molecule has 130 valence electrons. The lowest BCUT2D eigenvalue weighted by Crippen LogP contribution is -2.05. The van der Waals surface area contributed by atoms with Gasteiger partial charge in [0.2, 0.25) is 0 Å². The van der Waals surface area contributed by atoms with Crippen molar-refractivity contribution in [2.75, 3.05) is 12.8 Å². The van der Waals surface area contributed by atoms with E-state index in [-0.39, 0.29) is 5.82 Å². The fraction of sp³-hybridized carbons (Fsp3) is 0.100. The van der Waals surface area contributed by atoms with E-state index in [1.807, 2.05) is 61.5 Å². The van der Waals surface area contributed by atoms with Crippen LogP contribution in [-0.2, 0) is 0 Å². The number of benzene rings is 2. The van der Waals surface area contributed by atoms with E-state index in [1.54, 1.807) is 11.8 Å². The van der Waals surface area contributed by atoms with Gasteiger partial charge in [-0.1, -0.05) is 18.2 Å². The van der Waals surface area contributed by atoms with E-state index < -0.39 is 5.63 Å². The Labute approximate surface area is 149 Å². The fourth-order valence-corrected chi connectivity index (χ4v) is 3.01. The molecule has 2 aromatic carbocycles. The quantitative estimate of drug-likeness (QED) is 0.613. The van der Waals surface area contributed by atoms with Gasteiger partial charge in [0.05, 0.1) is 12.8 Å². The molecule has 0 atom stereocenters. The van der Waals surface area contributed by atoms with Crippen molar-refractivity contribution >= 4 is 16.7 Å². The molecule has 0 aliphatic heterocycles. The third-order valence-corrected chi connectivity index (χ3v) is 4.37. The Bertz CT molecular complexity index is 1140. The maximum absolute atomic E-state index is 12.6. The molecule has 26 heavy (non-hydrogen) atoms. The Morgan fingerprint density at radius 1 is 1.08 bits per heavy atom. The number of fused-ring (bicyclic) bond motifs is 1. The van der Waals surface area contributed by atoms with Gasteiger partial charge in [0.15, 0.2) is 0 Å². The summed E-state index contributed by atoms with van der Waals surface area (Å²) in [6.45, 7) is 1.87. The zero-order chi connectivity index (χ0) is 18.3. The van der Waals surface area contributed by atoms with Crippen LogP contribution in [0, 0.1) is 6.92 Å². The Hall–Kier alpha value is -3.54. The van der Waals surface area contributed by atoms with Crippen molar-refractivity contribution in [2.45, 2.75) is 6.92 Å². The Morgan fingerprint density at radius 3 is 2.42 bits per heavy atom. The number of para-hydroxylation sites is 1. The van der Waals surface area contributed by atoms with Gasteiger partial charge in [-0.25, -0.2) is 9.48 Å². The summed E-state index contributed by atoms with van der Waals surface area (Å²) >= 11 is 0. The first-order valence-electron chi connectivity index (χ1n) is 8.12. The van der Waals surface area contributed by atoms with Gasteiger partial charge in [0, 0.05) is 11.1 Å². The zero-order valence-electron chi connectivity index (χ0n) is 14.4.